The van der Waals surface area contributed by atoms with E-state index in [-0.39, 0.29) is 29.6 Å². The van der Waals surface area contributed by atoms with Gasteiger partial charge in [-0.1, -0.05) is 17.7 Å². The van der Waals surface area contributed by atoms with Crippen molar-refractivity contribution in [3.8, 4) is 0 Å². The van der Waals surface area contributed by atoms with Gasteiger partial charge in [-0.3, -0.25) is 0 Å². The highest BCUT2D eigenvalue weighted by atomic mass is 32.2. The third-order valence-electron chi connectivity index (χ3n) is 2.93. The summed E-state index contributed by atoms with van der Waals surface area (Å²) >= 11 is 0. The minimum absolute atomic E-state index is 0.202. The van der Waals surface area contributed by atoms with E-state index in [1.807, 2.05) is 27.7 Å². The average molecular weight is 327 g/mol. The molecule has 0 saturated carbocycles. The van der Waals surface area contributed by atoms with Gasteiger partial charge >= 0.3 is 6.03 Å². The molecule has 0 unspecified atom stereocenters. The van der Waals surface area contributed by atoms with Crippen molar-refractivity contribution in [2.24, 2.45) is 0 Å². The molecule has 0 aliphatic carbocycles. The van der Waals surface area contributed by atoms with E-state index in [1.54, 1.807) is 24.3 Å². The van der Waals surface area contributed by atoms with E-state index in [1.165, 1.54) is 11.4 Å². The van der Waals surface area contributed by atoms with Crippen LogP contribution in [0.25, 0.3) is 0 Å². The number of rotatable bonds is 5. The molecular formula is C15H25N3O3S. The fraction of sp³-hybridized carbons (Fsp3) is 0.533. The smallest absolute Gasteiger partial charge is 0.315 e. The molecule has 0 atom stereocenters. The van der Waals surface area contributed by atoms with Gasteiger partial charge in [-0.05, 0) is 39.8 Å². The lowest BCUT2D eigenvalue weighted by Crippen LogP contribution is -2.48. The maximum Gasteiger partial charge on any atom is 0.315 e. The fourth-order valence-corrected chi connectivity index (χ4v) is 2.89. The van der Waals surface area contributed by atoms with Gasteiger partial charge in [0.1, 0.15) is 0 Å². The van der Waals surface area contributed by atoms with Crippen LogP contribution in [-0.4, -0.2) is 44.4 Å². The number of carbonyl (C=O) groups is 1. The van der Waals surface area contributed by atoms with Crippen molar-refractivity contribution in [1.29, 1.82) is 0 Å². The molecule has 1 aromatic rings. The zero-order valence-electron chi connectivity index (χ0n) is 13.8. The Hall–Kier alpha value is -1.60. The molecule has 2 amide bonds. The van der Waals surface area contributed by atoms with E-state index in [0.29, 0.717) is 0 Å². The molecular weight excluding hydrogens is 302 g/mol. The average Bonchev–Trinajstić information content (AvgIpc) is 2.36. The Balaban J connectivity index is 2.56. The largest absolute Gasteiger partial charge is 0.337 e. The molecule has 0 aromatic heterocycles. The van der Waals surface area contributed by atoms with Crippen LogP contribution in [0.15, 0.2) is 29.2 Å². The van der Waals surface area contributed by atoms with Crippen LogP contribution in [0.2, 0.25) is 0 Å². The van der Waals surface area contributed by atoms with Gasteiger partial charge in [-0.25, -0.2) is 13.2 Å². The number of likely N-dealkylation sites (N-methyl/N-ethyl adjacent to an activating group) is 1. The van der Waals surface area contributed by atoms with Crippen molar-refractivity contribution >= 4 is 16.1 Å². The van der Waals surface area contributed by atoms with Crippen LogP contribution in [0.5, 0.6) is 0 Å². The minimum atomic E-state index is -3.53. The molecule has 0 bridgehead atoms. The normalized spacial score (nSPS) is 12.3. The summed E-state index contributed by atoms with van der Waals surface area (Å²) in [6.07, 6.45) is 0. The molecule has 0 radical (unpaired) electrons. The molecule has 0 aliphatic rings. The van der Waals surface area contributed by atoms with Crippen LogP contribution in [0, 0.1) is 6.92 Å². The van der Waals surface area contributed by atoms with Gasteiger partial charge in [0.2, 0.25) is 10.0 Å². The van der Waals surface area contributed by atoms with Gasteiger partial charge < -0.3 is 10.6 Å². The number of urea groups is 1. The molecule has 0 spiro atoms. The number of carbonyl (C=O) groups excluding carboxylic acids is 1. The number of amides is 2. The van der Waals surface area contributed by atoms with E-state index in [9.17, 15) is 13.2 Å². The Kier molecular flexibility index (Phi) is 5.96. The third kappa shape index (κ3) is 5.65. The lowest BCUT2D eigenvalue weighted by atomic mass is 10.1. The van der Waals surface area contributed by atoms with Crippen LogP contribution >= 0.6 is 0 Å². The van der Waals surface area contributed by atoms with E-state index >= 15 is 0 Å². The first-order chi connectivity index (χ1) is 10.0. The summed E-state index contributed by atoms with van der Waals surface area (Å²) < 4.78 is 25.9. The van der Waals surface area contributed by atoms with Crippen LogP contribution in [0.1, 0.15) is 26.3 Å². The molecule has 0 fully saturated rings. The Bertz CT molecular complexity index is 604. The third-order valence-corrected chi connectivity index (χ3v) is 4.80. The Morgan fingerprint density at radius 3 is 2.23 bits per heavy atom. The summed E-state index contributed by atoms with van der Waals surface area (Å²) in [4.78, 5) is 11.9. The lowest BCUT2D eigenvalue weighted by Gasteiger charge is -2.22. The number of nitrogens with zero attached hydrogens (tertiary/aromatic N) is 1. The van der Waals surface area contributed by atoms with Gasteiger partial charge in [-0.2, -0.15) is 4.31 Å². The quantitative estimate of drug-likeness (QED) is 0.864. The van der Waals surface area contributed by atoms with E-state index in [2.05, 4.69) is 10.6 Å². The fourth-order valence-electron chi connectivity index (χ4n) is 1.72. The number of aryl methyl sites for hydroxylation is 1. The zero-order valence-corrected chi connectivity index (χ0v) is 14.6. The predicted octanol–water partition coefficient (Wildman–Crippen LogP) is 1.71. The molecule has 0 heterocycles. The van der Waals surface area contributed by atoms with Gasteiger partial charge in [0, 0.05) is 25.7 Å². The van der Waals surface area contributed by atoms with E-state index in [0.717, 1.165) is 5.56 Å². The molecule has 1 aromatic carbocycles. The first-order valence-corrected chi connectivity index (χ1v) is 8.55. The van der Waals surface area contributed by atoms with Crippen molar-refractivity contribution in [2.75, 3.05) is 20.1 Å². The number of nitrogens with one attached hydrogen (secondary N) is 2. The molecule has 0 aliphatic heterocycles. The lowest BCUT2D eigenvalue weighted by molar-refractivity contribution is 0.231. The standard InChI is InChI=1S/C15H25N3O3S/c1-12-6-8-13(9-7-12)22(20,21)18(5)11-10-16-14(19)17-15(2,3)4/h6-9H,10-11H2,1-5H3,(H2,16,17,19). The molecule has 124 valence electrons. The first kappa shape index (κ1) is 18.4. The SMILES string of the molecule is Cc1ccc(S(=O)(=O)N(C)CCNC(=O)NC(C)(C)C)cc1. The van der Waals surface area contributed by atoms with Crippen LogP contribution in [-0.2, 0) is 10.0 Å². The second kappa shape index (κ2) is 7.11. The van der Waals surface area contributed by atoms with Crippen molar-refractivity contribution in [3.63, 3.8) is 0 Å². The Morgan fingerprint density at radius 2 is 1.73 bits per heavy atom. The first-order valence-electron chi connectivity index (χ1n) is 7.11. The number of hydrogen-bond donors (Lipinski definition) is 2. The Labute approximate surface area is 132 Å². The van der Waals surface area contributed by atoms with Gasteiger partial charge in [0.05, 0.1) is 4.90 Å². The van der Waals surface area contributed by atoms with Crippen LogP contribution < -0.4 is 10.6 Å². The molecule has 6 nitrogen and oxygen atoms in total. The van der Waals surface area contributed by atoms with Crippen molar-refractivity contribution in [1.82, 2.24) is 14.9 Å². The maximum atomic E-state index is 12.3. The van der Waals surface area contributed by atoms with Gasteiger partial charge in [-0.15, -0.1) is 0 Å². The molecule has 2 N–H and O–H groups in total. The summed E-state index contributed by atoms with van der Waals surface area (Å²) in [6, 6.07) is 6.38. The molecule has 0 saturated heterocycles. The molecule has 22 heavy (non-hydrogen) atoms. The number of hydrogen-bond acceptors (Lipinski definition) is 3. The highest BCUT2D eigenvalue weighted by molar-refractivity contribution is 7.89. The number of sulfonamides is 1. The summed E-state index contributed by atoms with van der Waals surface area (Å²) in [7, 11) is -2.03. The van der Waals surface area contributed by atoms with Crippen LogP contribution in [0.3, 0.4) is 0 Å². The topological polar surface area (TPSA) is 78.5 Å². The zero-order chi connectivity index (χ0) is 17.0. The van der Waals surface area contributed by atoms with Gasteiger partial charge in [0.25, 0.3) is 0 Å². The summed E-state index contributed by atoms with van der Waals surface area (Å²) in [6.45, 7) is 7.97. The summed E-state index contributed by atoms with van der Waals surface area (Å²) in [5.74, 6) is 0. The van der Waals surface area contributed by atoms with Crippen molar-refractivity contribution in [3.05, 3.63) is 29.8 Å². The summed E-state index contributed by atoms with van der Waals surface area (Å²) in [5.41, 5.74) is 0.673. The van der Waals surface area contributed by atoms with Crippen molar-refractivity contribution < 1.29 is 13.2 Å². The minimum Gasteiger partial charge on any atom is -0.337 e. The second-order valence-electron chi connectivity index (χ2n) is 6.27. The monoisotopic (exact) mass is 327 g/mol. The molecule has 1 rings (SSSR count). The maximum absolute atomic E-state index is 12.3. The molecule has 7 heteroatoms. The van der Waals surface area contributed by atoms with E-state index in [4.69, 9.17) is 0 Å². The predicted molar refractivity (Wildman–Crippen MR) is 87.3 cm³/mol. The highest BCUT2D eigenvalue weighted by Crippen LogP contribution is 2.14. The summed E-state index contributed by atoms with van der Waals surface area (Å²) in [5, 5.41) is 5.40. The van der Waals surface area contributed by atoms with Crippen LogP contribution in [0.4, 0.5) is 4.79 Å². The number of benzene rings is 1. The Morgan fingerprint density at radius 1 is 1.18 bits per heavy atom. The van der Waals surface area contributed by atoms with Gasteiger partial charge in [0.15, 0.2) is 0 Å². The second-order valence-corrected chi connectivity index (χ2v) is 8.32. The van der Waals surface area contributed by atoms with Crippen molar-refractivity contribution in [2.45, 2.75) is 38.1 Å². The highest BCUT2D eigenvalue weighted by Gasteiger charge is 2.20. The van der Waals surface area contributed by atoms with E-state index < -0.39 is 10.0 Å².